The molecule has 0 unspecified atom stereocenters. The van der Waals surface area contributed by atoms with Crippen LogP contribution in [0.15, 0.2) is 24.3 Å². The second-order valence-corrected chi connectivity index (χ2v) is 8.65. The third kappa shape index (κ3) is 5.26. The predicted molar refractivity (Wildman–Crippen MR) is 107 cm³/mol. The number of carbonyl (C=O) groups is 3. The van der Waals surface area contributed by atoms with E-state index >= 15 is 0 Å². The molecular weight excluding hydrogens is 384 g/mol. The maximum Gasteiger partial charge on any atom is 0.233 e. The number of rotatable bonds is 8. The Morgan fingerprint density at radius 1 is 1.11 bits per heavy atom. The highest BCUT2D eigenvalue weighted by atomic mass is 35.5. The Labute approximate surface area is 169 Å². The Morgan fingerprint density at radius 3 is 2.37 bits per heavy atom. The highest BCUT2D eigenvalue weighted by Crippen LogP contribution is 2.37. The molecule has 0 radical (unpaired) electrons. The molecule has 1 aliphatic carbocycles. The molecule has 1 saturated carbocycles. The van der Waals surface area contributed by atoms with Gasteiger partial charge in [0.15, 0.2) is 0 Å². The van der Waals surface area contributed by atoms with Crippen LogP contribution < -0.4 is 5.32 Å². The monoisotopic (exact) mass is 408 g/mol. The number of carbonyl (C=O) groups excluding carboxylic acids is 3. The van der Waals surface area contributed by atoms with E-state index in [1.165, 1.54) is 10.5 Å². The maximum atomic E-state index is 12.4. The van der Waals surface area contributed by atoms with Gasteiger partial charge >= 0.3 is 0 Å². The van der Waals surface area contributed by atoms with Gasteiger partial charge in [0.1, 0.15) is 0 Å². The first-order valence-electron chi connectivity index (χ1n) is 9.50. The third-order valence-corrected chi connectivity index (χ3v) is 6.53. The first-order chi connectivity index (χ1) is 13.1. The van der Waals surface area contributed by atoms with Crippen LogP contribution in [0.2, 0.25) is 5.02 Å². The fourth-order valence-corrected chi connectivity index (χ4v) is 4.73. The standard InChI is InChI=1S/C20H25ClN2O3S/c21-15-7-5-14(6-8-15)13-27-12-10-22-18(24)9-11-23-19(25)16-3-1-2-4-17(16)20(23)26/h5-8,16-17H,1-4,9-13H2,(H,22,24)/t16-,17-/m0/s1. The summed E-state index contributed by atoms with van der Waals surface area (Å²) in [5.74, 6) is 1.13. The largest absolute Gasteiger partial charge is 0.355 e. The Balaban J connectivity index is 1.32. The summed E-state index contributed by atoms with van der Waals surface area (Å²) in [6, 6.07) is 7.73. The second-order valence-electron chi connectivity index (χ2n) is 7.10. The summed E-state index contributed by atoms with van der Waals surface area (Å²) in [5, 5.41) is 3.59. The van der Waals surface area contributed by atoms with Crippen molar-refractivity contribution in [1.29, 1.82) is 0 Å². The van der Waals surface area contributed by atoms with Crippen molar-refractivity contribution >= 4 is 41.1 Å². The molecule has 3 amide bonds. The summed E-state index contributed by atoms with van der Waals surface area (Å²) < 4.78 is 0. The number of halogens is 1. The van der Waals surface area contributed by atoms with E-state index < -0.39 is 0 Å². The lowest BCUT2D eigenvalue weighted by molar-refractivity contribution is -0.140. The highest BCUT2D eigenvalue weighted by molar-refractivity contribution is 7.98. The van der Waals surface area contributed by atoms with Crippen molar-refractivity contribution in [2.45, 2.75) is 37.9 Å². The molecule has 1 aromatic rings. The molecule has 7 heteroatoms. The number of amides is 3. The summed E-state index contributed by atoms with van der Waals surface area (Å²) in [4.78, 5) is 38.1. The molecule has 1 N–H and O–H groups in total. The molecule has 1 aromatic carbocycles. The van der Waals surface area contributed by atoms with Gasteiger partial charge in [-0.05, 0) is 30.5 Å². The van der Waals surface area contributed by atoms with Crippen LogP contribution in [0.4, 0.5) is 0 Å². The van der Waals surface area contributed by atoms with Crippen molar-refractivity contribution in [1.82, 2.24) is 10.2 Å². The molecular formula is C20H25ClN2O3S. The zero-order valence-corrected chi connectivity index (χ0v) is 16.9. The second kappa shape index (κ2) is 9.60. The average molecular weight is 409 g/mol. The van der Waals surface area contributed by atoms with Crippen LogP contribution in [0.1, 0.15) is 37.7 Å². The zero-order valence-electron chi connectivity index (χ0n) is 15.3. The fourth-order valence-electron chi connectivity index (χ4n) is 3.79. The lowest BCUT2D eigenvalue weighted by Crippen LogP contribution is -2.36. The van der Waals surface area contributed by atoms with E-state index in [4.69, 9.17) is 11.6 Å². The predicted octanol–water partition coefficient (Wildman–Crippen LogP) is 3.25. The zero-order chi connectivity index (χ0) is 19.2. The van der Waals surface area contributed by atoms with Gasteiger partial charge in [0.25, 0.3) is 0 Å². The van der Waals surface area contributed by atoms with Gasteiger partial charge in [-0.3, -0.25) is 19.3 Å². The fraction of sp³-hybridized carbons (Fsp3) is 0.550. The number of likely N-dealkylation sites (tertiary alicyclic amines) is 1. The van der Waals surface area contributed by atoms with Gasteiger partial charge in [0, 0.05) is 36.0 Å². The molecule has 0 aromatic heterocycles. The smallest absolute Gasteiger partial charge is 0.233 e. The van der Waals surface area contributed by atoms with E-state index in [1.54, 1.807) is 11.8 Å². The maximum absolute atomic E-state index is 12.4. The van der Waals surface area contributed by atoms with E-state index in [2.05, 4.69) is 5.32 Å². The van der Waals surface area contributed by atoms with Gasteiger partial charge in [-0.15, -0.1) is 0 Å². The van der Waals surface area contributed by atoms with Crippen molar-refractivity contribution in [3.05, 3.63) is 34.9 Å². The molecule has 27 heavy (non-hydrogen) atoms. The normalized spacial score (nSPS) is 22.0. The SMILES string of the molecule is O=C(CCN1C(=O)[C@H]2CCCC[C@@H]2C1=O)NCCSCc1ccc(Cl)cc1. The summed E-state index contributed by atoms with van der Waals surface area (Å²) in [6.07, 6.45) is 3.83. The topological polar surface area (TPSA) is 66.5 Å². The van der Waals surface area contributed by atoms with Crippen LogP contribution in [0, 0.1) is 11.8 Å². The van der Waals surface area contributed by atoms with Crippen LogP contribution >= 0.6 is 23.4 Å². The van der Waals surface area contributed by atoms with Crippen LogP contribution in [0.25, 0.3) is 0 Å². The van der Waals surface area contributed by atoms with Gasteiger partial charge in [0.2, 0.25) is 17.7 Å². The molecule has 3 rings (SSSR count). The number of hydrogen-bond donors (Lipinski definition) is 1. The summed E-state index contributed by atoms with van der Waals surface area (Å²) in [7, 11) is 0. The number of imide groups is 1. The third-order valence-electron chi connectivity index (χ3n) is 5.25. The van der Waals surface area contributed by atoms with Crippen molar-refractivity contribution in [3.63, 3.8) is 0 Å². The van der Waals surface area contributed by atoms with E-state index in [0.29, 0.717) is 6.54 Å². The van der Waals surface area contributed by atoms with Crippen LogP contribution in [0.5, 0.6) is 0 Å². The quantitative estimate of drug-likeness (QED) is 0.529. The number of nitrogens with zero attached hydrogens (tertiary/aromatic N) is 1. The van der Waals surface area contributed by atoms with E-state index in [1.807, 2.05) is 24.3 Å². The minimum absolute atomic E-state index is 0.0731. The van der Waals surface area contributed by atoms with E-state index in [-0.39, 0.29) is 42.5 Å². The first kappa shape index (κ1) is 20.2. The van der Waals surface area contributed by atoms with Gasteiger partial charge in [0.05, 0.1) is 11.8 Å². The lowest BCUT2D eigenvalue weighted by Gasteiger charge is -2.19. The van der Waals surface area contributed by atoms with Crippen LogP contribution in [0.3, 0.4) is 0 Å². The first-order valence-corrected chi connectivity index (χ1v) is 11.0. The highest BCUT2D eigenvalue weighted by Gasteiger charge is 2.47. The van der Waals surface area contributed by atoms with Gasteiger partial charge < -0.3 is 5.32 Å². The molecule has 0 spiro atoms. The van der Waals surface area contributed by atoms with E-state index in [0.717, 1.165) is 42.2 Å². The number of thioether (sulfide) groups is 1. The lowest BCUT2D eigenvalue weighted by atomic mass is 9.81. The molecule has 1 aliphatic heterocycles. The molecule has 1 saturated heterocycles. The van der Waals surface area contributed by atoms with Gasteiger partial charge in [-0.25, -0.2) is 0 Å². The average Bonchev–Trinajstić information content (AvgIpc) is 2.92. The summed E-state index contributed by atoms with van der Waals surface area (Å²) in [5.41, 5.74) is 1.20. The molecule has 0 bridgehead atoms. The van der Waals surface area contributed by atoms with Crippen molar-refractivity contribution in [2.75, 3.05) is 18.8 Å². The molecule has 2 atom stereocenters. The van der Waals surface area contributed by atoms with Gasteiger partial charge in [-0.2, -0.15) is 11.8 Å². The molecule has 5 nitrogen and oxygen atoms in total. The van der Waals surface area contributed by atoms with Crippen LogP contribution in [-0.4, -0.2) is 41.5 Å². The number of benzene rings is 1. The minimum atomic E-state index is -0.140. The Morgan fingerprint density at radius 2 is 1.74 bits per heavy atom. The molecule has 2 aliphatic rings. The van der Waals surface area contributed by atoms with Crippen LogP contribution in [-0.2, 0) is 20.1 Å². The number of hydrogen-bond acceptors (Lipinski definition) is 4. The Hall–Kier alpha value is -1.53. The Bertz CT molecular complexity index is 671. The van der Waals surface area contributed by atoms with Crippen molar-refractivity contribution < 1.29 is 14.4 Å². The van der Waals surface area contributed by atoms with Crippen molar-refractivity contribution in [3.8, 4) is 0 Å². The molecule has 2 fully saturated rings. The molecule has 1 heterocycles. The Kier molecular flexibility index (Phi) is 7.19. The summed E-state index contributed by atoms with van der Waals surface area (Å²) in [6.45, 7) is 0.776. The van der Waals surface area contributed by atoms with E-state index in [9.17, 15) is 14.4 Å². The summed E-state index contributed by atoms with van der Waals surface area (Å²) >= 11 is 7.60. The molecule has 146 valence electrons. The minimum Gasteiger partial charge on any atom is -0.355 e. The number of fused-ring (bicyclic) bond motifs is 1. The number of nitrogens with one attached hydrogen (secondary N) is 1. The van der Waals surface area contributed by atoms with Crippen molar-refractivity contribution in [2.24, 2.45) is 11.8 Å². The van der Waals surface area contributed by atoms with Gasteiger partial charge in [-0.1, -0.05) is 36.6 Å².